The highest BCUT2D eigenvalue weighted by atomic mass is 16.3. The van der Waals surface area contributed by atoms with E-state index in [1.807, 2.05) is 13.8 Å². The summed E-state index contributed by atoms with van der Waals surface area (Å²) in [5.41, 5.74) is -1.42. The summed E-state index contributed by atoms with van der Waals surface area (Å²) in [6, 6.07) is 3.09. The van der Waals surface area contributed by atoms with Gasteiger partial charge in [-0.3, -0.25) is 0 Å². The smallest absolute Gasteiger partial charge is 0.0857 e. The first-order chi connectivity index (χ1) is 6.47. The Labute approximate surface area is 85.1 Å². The van der Waals surface area contributed by atoms with Gasteiger partial charge in [0.2, 0.25) is 0 Å². The third kappa shape index (κ3) is 1.34. The second-order valence-electron chi connectivity index (χ2n) is 5.31. The van der Waals surface area contributed by atoms with Crippen LogP contribution in [0, 0.1) is 16.7 Å². The molecule has 2 unspecified atom stereocenters. The average Bonchev–Trinajstić information content (AvgIpc) is 2.46. The predicted octanol–water partition coefficient (Wildman–Crippen LogP) is 1.18. The Kier molecular flexibility index (Phi) is 2.09. The molecule has 0 spiro atoms. The molecule has 3 heteroatoms. The van der Waals surface area contributed by atoms with Gasteiger partial charge in [-0.05, 0) is 39.5 Å². The molecule has 2 fully saturated rings. The SMILES string of the molecule is CC(C)(C#N)C1(O)CC2CCC(C1)N2. The minimum atomic E-state index is -0.793. The number of piperidine rings is 1. The third-order valence-electron chi connectivity index (χ3n) is 3.95. The Bertz CT molecular complexity index is 268. The molecule has 14 heavy (non-hydrogen) atoms. The molecule has 2 N–H and O–H groups in total. The van der Waals surface area contributed by atoms with E-state index in [-0.39, 0.29) is 0 Å². The predicted molar refractivity (Wildman–Crippen MR) is 53.5 cm³/mol. The fourth-order valence-corrected chi connectivity index (χ4v) is 2.74. The summed E-state index contributed by atoms with van der Waals surface area (Å²) < 4.78 is 0. The van der Waals surface area contributed by atoms with Gasteiger partial charge in [0.15, 0.2) is 0 Å². The van der Waals surface area contributed by atoms with Crippen molar-refractivity contribution >= 4 is 0 Å². The standard InChI is InChI=1S/C11H18N2O/c1-10(2,7-12)11(14)5-8-3-4-9(6-11)13-8/h8-9,13-14H,3-6H2,1-2H3. The summed E-state index contributed by atoms with van der Waals surface area (Å²) in [7, 11) is 0. The molecule has 0 aromatic rings. The lowest BCUT2D eigenvalue weighted by Gasteiger charge is -2.44. The first-order valence-electron chi connectivity index (χ1n) is 5.36. The summed E-state index contributed by atoms with van der Waals surface area (Å²) in [6.07, 6.45) is 3.75. The molecule has 2 saturated heterocycles. The maximum atomic E-state index is 10.5. The zero-order valence-corrected chi connectivity index (χ0v) is 8.88. The Balaban J connectivity index is 2.22. The van der Waals surface area contributed by atoms with Gasteiger partial charge in [0, 0.05) is 12.1 Å². The topological polar surface area (TPSA) is 56.0 Å². The maximum absolute atomic E-state index is 10.5. The van der Waals surface area contributed by atoms with E-state index in [1.165, 1.54) is 0 Å². The van der Waals surface area contributed by atoms with Crippen molar-refractivity contribution in [1.82, 2.24) is 5.32 Å². The molecule has 0 aromatic carbocycles. The van der Waals surface area contributed by atoms with Crippen LogP contribution >= 0.6 is 0 Å². The summed E-state index contributed by atoms with van der Waals surface area (Å²) in [5, 5.41) is 23.1. The Morgan fingerprint density at radius 3 is 2.29 bits per heavy atom. The lowest BCUT2D eigenvalue weighted by molar-refractivity contribution is -0.0749. The van der Waals surface area contributed by atoms with Gasteiger partial charge in [-0.15, -0.1) is 0 Å². The molecule has 2 heterocycles. The molecule has 2 rings (SSSR count). The van der Waals surface area contributed by atoms with Gasteiger partial charge in [-0.2, -0.15) is 5.26 Å². The average molecular weight is 194 g/mol. The van der Waals surface area contributed by atoms with Crippen LogP contribution in [0.4, 0.5) is 0 Å². The third-order valence-corrected chi connectivity index (χ3v) is 3.95. The molecule has 0 saturated carbocycles. The van der Waals surface area contributed by atoms with E-state index >= 15 is 0 Å². The number of aliphatic hydroxyl groups is 1. The quantitative estimate of drug-likeness (QED) is 0.659. The molecule has 2 aliphatic rings. The largest absolute Gasteiger partial charge is 0.388 e. The highest BCUT2D eigenvalue weighted by Gasteiger charge is 2.51. The molecular weight excluding hydrogens is 176 g/mol. The lowest BCUT2D eigenvalue weighted by Crippen LogP contribution is -2.55. The van der Waals surface area contributed by atoms with Gasteiger partial charge in [0.25, 0.3) is 0 Å². The Morgan fingerprint density at radius 2 is 1.86 bits per heavy atom. The van der Waals surface area contributed by atoms with E-state index in [0.29, 0.717) is 12.1 Å². The number of hydrogen-bond acceptors (Lipinski definition) is 3. The highest BCUT2D eigenvalue weighted by molar-refractivity contribution is 5.12. The highest BCUT2D eigenvalue weighted by Crippen LogP contribution is 2.44. The first kappa shape index (κ1) is 9.95. The van der Waals surface area contributed by atoms with Crippen molar-refractivity contribution in [3.05, 3.63) is 0 Å². The van der Waals surface area contributed by atoms with Crippen LogP contribution in [0.2, 0.25) is 0 Å². The number of nitrogens with zero attached hydrogens (tertiary/aromatic N) is 1. The number of nitrogens with one attached hydrogen (secondary N) is 1. The van der Waals surface area contributed by atoms with Crippen LogP contribution in [0.25, 0.3) is 0 Å². The van der Waals surface area contributed by atoms with Crippen molar-refractivity contribution < 1.29 is 5.11 Å². The van der Waals surface area contributed by atoms with Crippen molar-refractivity contribution in [2.24, 2.45) is 5.41 Å². The van der Waals surface area contributed by atoms with Crippen LogP contribution in [0.15, 0.2) is 0 Å². The Hall–Kier alpha value is -0.590. The fourth-order valence-electron chi connectivity index (χ4n) is 2.74. The molecule has 2 bridgehead atoms. The van der Waals surface area contributed by atoms with Gasteiger partial charge >= 0.3 is 0 Å². The van der Waals surface area contributed by atoms with Gasteiger partial charge < -0.3 is 10.4 Å². The fraction of sp³-hybridized carbons (Fsp3) is 0.909. The molecule has 0 aliphatic carbocycles. The zero-order valence-electron chi connectivity index (χ0n) is 8.88. The van der Waals surface area contributed by atoms with Crippen molar-refractivity contribution in [2.45, 2.75) is 57.2 Å². The minimum absolute atomic E-state index is 0.423. The number of rotatable bonds is 1. The summed E-state index contributed by atoms with van der Waals surface area (Å²) in [6.45, 7) is 3.69. The maximum Gasteiger partial charge on any atom is 0.0857 e. The summed E-state index contributed by atoms with van der Waals surface area (Å²) in [5.74, 6) is 0. The number of hydrogen-bond donors (Lipinski definition) is 2. The lowest BCUT2D eigenvalue weighted by atomic mass is 9.69. The van der Waals surface area contributed by atoms with E-state index in [2.05, 4.69) is 11.4 Å². The van der Waals surface area contributed by atoms with Gasteiger partial charge in [0.1, 0.15) is 0 Å². The molecule has 0 aromatic heterocycles. The zero-order chi connectivity index (χ0) is 10.4. The van der Waals surface area contributed by atoms with Gasteiger partial charge in [0.05, 0.1) is 17.1 Å². The van der Waals surface area contributed by atoms with Crippen molar-refractivity contribution in [2.75, 3.05) is 0 Å². The summed E-state index contributed by atoms with van der Waals surface area (Å²) >= 11 is 0. The van der Waals surface area contributed by atoms with Crippen LogP contribution in [-0.2, 0) is 0 Å². The minimum Gasteiger partial charge on any atom is -0.388 e. The van der Waals surface area contributed by atoms with Crippen molar-refractivity contribution in [1.29, 1.82) is 5.26 Å². The summed E-state index contributed by atoms with van der Waals surface area (Å²) in [4.78, 5) is 0. The normalized spacial score (nSPS) is 42.1. The Morgan fingerprint density at radius 1 is 1.36 bits per heavy atom. The molecular formula is C11H18N2O. The monoisotopic (exact) mass is 194 g/mol. The molecule has 3 nitrogen and oxygen atoms in total. The second-order valence-corrected chi connectivity index (χ2v) is 5.31. The van der Waals surface area contributed by atoms with E-state index in [4.69, 9.17) is 5.26 Å². The second kappa shape index (κ2) is 2.95. The van der Waals surface area contributed by atoms with Crippen LogP contribution in [-0.4, -0.2) is 22.8 Å². The molecule has 0 radical (unpaired) electrons. The van der Waals surface area contributed by atoms with Gasteiger partial charge in [-0.25, -0.2) is 0 Å². The van der Waals surface area contributed by atoms with Gasteiger partial charge in [-0.1, -0.05) is 0 Å². The molecule has 2 atom stereocenters. The van der Waals surface area contributed by atoms with E-state index in [1.54, 1.807) is 0 Å². The number of nitriles is 1. The molecule has 78 valence electrons. The van der Waals surface area contributed by atoms with E-state index in [9.17, 15) is 5.11 Å². The molecule has 2 aliphatic heterocycles. The van der Waals surface area contributed by atoms with Crippen LogP contribution in [0.5, 0.6) is 0 Å². The van der Waals surface area contributed by atoms with Crippen LogP contribution in [0.3, 0.4) is 0 Å². The number of fused-ring (bicyclic) bond motifs is 2. The first-order valence-corrected chi connectivity index (χ1v) is 5.36. The van der Waals surface area contributed by atoms with Crippen molar-refractivity contribution in [3.63, 3.8) is 0 Å². The van der Waals surface area contributed by atoms with Crippen LogP contribution < -0.4 is 5.32 Å². The van der Waals surface area contributed by atoms with Crippen molar-refractivity contribution in [3.8, 4) is 6.07 Å². The van der Waals surface area contributed by atoms with Crippen LogP contribution in [0.1, 0.15) is 39.5 Å². The van der Waals surface area contributed by atoms with E-state index < -0.39 is 11.0 Å². The van der Waals surface area contributed by atoms with E-state index in [0.717, 1.165) is 25.7 Å². The molecule has 0 amide bonds.